The average Bonchev–Trinajstić information content (AvgIpc) is 2.91. The Bertz CT molecular complexity index is 1230. The van der Waals surface area contributed by atoms with Gasteiger partial charge in [-0.1, -0.05) is 60.7 Å². The first-order valence-corrected chi connectivity index (χ1v) is 12.9. The molecule has 1 unspecified atom stereocenters. The highest BCUT2D eigenvalue weighted by atomic mass is 16.5. The minimum Gasteiger partial charge on any atom is -0.489 e. The van der Waals surface area contributed by atoms with Crippen LogP contribution in [0.4, 0.5) is 11.4 Å². The van der Waals surface area contributed by atoms with Gasteiger partial charge in [0.15, 0.2) is 0 Å². The molecule has 7 nitrogen and oxygen atoms in total. The summed E-state index contributed by atoms with van der Waals surface area (Å²) < 4.78 is 6.02. The molecule has 1 fully saturated rings. The fourth-order valence-electron chi connectivity index (χ4n) is 5.18. The van der Waals surface area contributed by atoms with Gasteiger partial charge in [0, 0.05) is 31.9 Å². The third-order valence-corrected chi connectivity index (χ3v) is 7.22. The average molecular weight is 499 g/mol. The Morgan fingerprint density at radius 2 is 1.43 bits per heavy atom. The van der Waals surface area contributed by atoms with E-state index in [1.165, 1.54) is 0 Å². The maximum absolute atomic E-state index is 13.7. The van der Waals surface area contributed by atoms with Crippen LogP contribution in [0.5, 0.6) is 5.75 Å². The highest BCUT2D eigenvalue weighted by Gasteiger charge is 2.34. The number of carbonyl (C=O) groups excluding carboxylic acids is 2. The molecule has 1 N–H and O–H groups in total. The second kappa shape index (κ2) is 11.2. The molecule has 192 valence electrons. The number of para-hydroxylation sites is 3. The lowest BCUT2D eigenvalue weighted by molar-refractivity contribution is -0.122. The Morgan fingerprint density at radius 1 is 0.811 bits per heavy atom. The molecule has 2 heterocycles. The van der Waals surface area contributed by atoms with Crippen molar-refractivity contribution >= 4 is 23.2 Å². The first kappa shape index (κ1) is 25.0. The van der Waals surface area contributed by atoms with Crippen LogP contribution in [0.15, 0.2) is 72.8 Å². The lowest BCUT2D eigenvalue weighted by Crippen LogP contribution is -2.52. The molecule has 37 heavy (non-hydrogen) atoms. The third-order valence-electron chi connectivity index (χ3n) is 7.22. The SMILES string of the molecule is Cc1cccc(C)c1NC(=O)CN1CCN(CC(=O)N2c3ccccc3OCC2c2ccccc2)CC1. The molecule has 0 bridgehead atoms. The molecule has 7 heteroatoms. The van der Waals surface area contributed by atoms with Crippen LogP contribution in [-0.4, -0.2) is 67.5 Å². The molecule has 1 atom stereocenters. The number of benzene rings is 3. The van der Waals surface area contributed by atoms with E-state index < -0.39 is 0 Å². The molecular weight excluding hydrogens is 464 g/mol. The summed E-state index contributed by atoms with van der Waals surface area (Å²) in [5.41, 5.74) is 4.90. The number of rotatable bonds is 6. The fourth-order valence-corrected chi connectivity index (χ4v) is 5.18. The van der Waals surface area contributed by atoms with Gasteiger partial charge in [-0.25, -0.2) is 0 Å². The van der Waals surface area contributed by atoms with Crippen molar-refractivity contribution in [3.63, 3.8) is 0 Å². The molecule has 5 rings (SSSR count). The summed E-state index contributed by atoms with van der Waals surface area (Å²) in [7, 11) is 0. The normalized spacial score (nSPS) is 18.1. The largest absolute Gasteiger partial charge is 0.489 e. The van der Waals surface area contributed by atoms with Crippen molar-refractivity contribution < 1.29 is 14.3 Å². The van der Waals surface area contributed by atoms with E-state index in [0.717, 1.165) is 60.0 Å². The molecule has 0 radical (unpaired) electrons. The van der Waals surface area contributed by atoms with Crippen molar-refractivity contribution in [1.82, 2.24) is 9.80 Å². The Labute approximate surface area is 218 Å². The third kappa shape index (κ3) is 5.68. The summed E-state index contributed by atoms with van der Waals surface area (Å²) in [6, 6.07) is 23.7. The quantitative estimate of drug-likeness (QED) is 0.556. The minimum absolute atomic E-state index is 0.00227. The molecule has 0 aromatic heterocycles. The highest BCUT2D eigenvalue weighted by Crippen LogP contribution is 2.39. The van der Waals surface area contributed by atoms with Gasteiger partial charge in [-0.2, -0.15) is 0 Å². The van der Waals surface area contributed by atoms with Gasteiger partial charge in [-0.3, -0.25) is 24.3 Å². The molecule has 1 saturated heterocycles. The van der Waals surface area contributed by atoms with Crippen molar-refractivity contribution in [2.24, 2.45) is 0 Å². The van der Waals surface area contributed by atoms with Gasteiger partial charge in [0.05, 0.1) is 24.8 Å². The van der Waals surface area contributed by atoms with Crippen LogP contribution in [0.1, 0.15) is 22.7 Å². The molecule has 0 aliphatic carbocycles. The van der Waals surface area contributed by atoms with Gasteiger partial charge >= 0.3 is 0 Å². The molecule has 0 saturated carbocycles. The number of piperazine rings is 1. The van der Waals surface area contributed by atoms with E-state index in [0.29, 0.717) is 19.7 Å². The van der Waals surface area contributed by atoms with Crippen LogP contribution >= 0.6 is 0 Å². The lowest BCUT2D eigenvalue weighted by Gasteiger charge is -2.39. The van der Waals surface area contributed by atoms with Crippen LogP contribution in [0.25, 0.3) is 0 Å². The summed E-state index contributed by atoms with van der Waals surface area (Å²) in [5.74, 6) is 0.797. The number of amides is 2. The summed E-state index contributed by atoms with van der Waals surface area (Å²) in [6.07, 6.45) is 0. The number of ether oxygens (including phenoxy) is 1. The summed E-state index contributed by atoms with van der Waals surface area (Å²) >= 11 is 0. The van der Waals surface area contributed by atoms with Gasteiger partial charge < -0.3 is 10.1 Å². The number of nitrogens with one attached hydrogen (secondary N) is 1. The van der Waals surface area contributed by atoms with Gasteiger partial charge in [-0.15, -0.1) is 0 Å². The second-order valence-corrected chi connectivity index (χ2v) is 9.84. The Hall–Kier alpha value is -3.68. The van der Waals surface area contributed by atoms with Crippen LogP contribution in [0.2, 0.25) is 0 Å². The topological polar surface area (TPSA) is 65.1 Å². The van der Waals surface area contributed by atoms with Crippen LogP contribution in [0, 0.1) is 13.8 Å². The molecule has 2 aliphatic rings. The molecule has 3 aromatic carbocycles. The number of hydrogen-bond acceptors (Lipinski definition) is 5. The Kier molecular flexibility index (Phi) is 7.53. The van der Waals surface area contributed by atoms with Crippen molar-refractivity contribution in [2.75, 3.05) is 56.1 Å². The predicted octanol–water partition coefficient (Wildman–Crippen LogP) is 4.03. The smallest absolute Gasteiger partial charge is 0.241 e. The number of anilines is 2. The standard InChI is InChI=1S/C30H34N4O3/c1-22-9-8-10-23(2)30(22)31-28(35)19-32-15-17-33(18-16-32)20-29(36)34-25-13-6-7-14-27(25)37-21-26(34)24-11-4-3-5-12-24/h3-14,26H,15-21H2,1-2H3,(H,31,35). The number of aryl methyl sites for hydroxylation is 2. The Balaban J connectivity index is 1.20. The zero-order valence-electron chi connectivity index (χ0n) is 21.5. The number of nitrogens with zero attached hydrogens (tertiary/aromatic N) is 3. The van der Waals surface area contributed by atoms with E-state index in [-0.39, 0.29) is 17.9 Å². The van der Waals surface area contributed by atoms with Gasteiger partial charge in [0.1, 0.15) is 12.4 Å². The van der Waals surface area contributed by atoms with Crippen LogP contribution < -0.4 is 15.0 Å². The molecule has 2 amide bonds. The van der Waals surface area contributed by atoms with Gasteiger partial charge in [0.25, 0.3) is 0 Å². The van der Waals surface area contributed by atoms with E-state index in [1.807, 2.05) is 91.5 Å². The summed E-state index contributed by atoms with van der Waals surface area (Å²) in [5, 5.41) is 3.08. The molecule has 2 aliphatic heterocycles. The van der Waals surface area contributed by atoms with Crippen molar-refractivity contribution in [1.29, 1.82) is 0 Å². The van der Waals surface area contributed by atoms with E-state index in [2.05, 4.69) is 15.1 Å². The second-order valence-electron chi connectivity index (χ2n) is 9.84. The van der Waals surface area contributed by atoms with E-state index in [9.17, 15) is 9.59 Å². The van der Waals surface area contributed by atoms with Crippen molar-refractivity contribution in [2.45, 2.75) is 19.9 Å². The summed E-state index contributed by atoms with van der Waals surface area (Å²) in [4.78, 5) is 32.6. The van der Waals surface area contributed by atoms with Crippen LogP contribution in [-0.2, 0) is 9.59 Å². The van der Waals surface area contributed by atoms with Gasteiger partial charge in [0.2, 0.25) is 11.8 Å². The molecular formula is C30H34N4O3. The first-order valence-electron chi connectivity index (χ1n) is 12.9. The van der Waals surface area contributed by atoms with Crippen molar-refractivity contribution in [3.05, 3.63) is 89.5 Å². The zero-order valence-corrected chi connectivity index (χ0v) is 21.5. The number of carbonyl (C=O) groups is 2. The van der Waals surface area contributed by atoms with E-state index in [4.69, 9.17) is 4.74 Å². The monoisotopic (exact) mass is 498 g/mol. The van der Waals surface area contributed by atoms with Crippen LogP contribution in [0.3, 0.4) is 0 Å². The number of hydrogen-bond donors (Lipinski definition) is 1. The van der Waals surface area contributed by atoms with Gasteiger partial charge in [-0.05, 0) is 42.7 Å². The minimum atomic E-state index is -0.168. The molecule has 0 spiro atoms. The molecule has 3 aromatic rings. The maximum Gasteiger partial charge on any atom is 0.241 e. The van der Waals surface area contributed by atoms with E-state index in [1.54, 1.807) is 0 Å². The zero-order chi connectivity index (χ0) is 25.8. The predicted molar refractivity (Wildman–Crippen MR) is 146 cm³/mol. The first-order chi connectivity index (χ1) is 18.0. The lowest BCUT2D eigenvalue weighted by atomic mass is 10.0. The van der Waals surface area contributed by atoms with E-state index >= 15 is 0 Å². The maximum atomic E-state index is 13.7. The fraction of sp³-hybridized carbons (Fsp3) is 0.333. The van der Waals surface area contributed by atoms with Crippen molar-refractivity contribution in [3.8, 4) is 5.75 Å². The summed E-state index contributed by atoms with van der Waals surface area (Å²) in [6.45, 7) is 8.10. The highest BCUT2D eigenvalue weighted by molar-refractivity contribution is 5.97. The Morgan fingerprint density at radius 3 is 2.14 bits per heavy atom. The number of fused-ring (bicyclic) bond motifs is 1.